The molecule has 130 valence electrons. The van der Waals surface area contributed by atoms with Gasteiger partial charge >= 0.3 is 0 Å². The lowest BCUT2D eigenvalue weighted by molar-refractivity contribution is -0.122. The van der Waals surface area contributed by atoms with E-state index in [1.807, 2.05) is 0 Å². The van der Waals surface area contributed by atoms with E-state index in [-0.39, 0.29) is 24.5 Å². The molecule has 1 saturated heterocycles. The fraction of sp³-hybridized carbons (Fsp3) is 0.235. The quantitative estimate of drug-likeness (QED) is 0.922. The Morgan fingerprint density at radius 2 is 2.16 bits per heavy atom. The summed E-state index contributed by atoms with van der Waals surface area (Å²) in [7, 11) is 1.43. The smallest absolute Gasteiger partial charge is 0.237 e. The third-order valence-corrected chi connectivity index (χ3v) is 3.92. The van der Waals surface area contributed by atoms with Gasteiger partial charge < -0.3 is 15.0 Å². The van der Waals surface area contributed by atoms with Crippen LogP contribution in [0.1, 0.15) is 6.42 Å². The largest absolute Gasteiger partial charge is 0.480 e. The number of halogens is 2. The average Bonchev–Trinajstić information content (AvgIpc) is 2.97. The summed E-state index contributed by atoms with van der Waals surface area (Å²) in [6.07, 6.45) is 1.46. The van der Waals surface area contributed by atoms with Crippen molar-refractivity contribution in [3.63, 3.8) is 0 Å². The molecule has 1 unspecified atom stereocenters. The Morgan fingerprint density at radius 3 is 2.88 bits per heavy atom. The zero-order valence-electron chi connectivity index (χ0n) is 13.3. The lowest BCUT2D eigenvalue weighted by Crippen LogP contribution is -2.28. The molecule has 1 atom stereocenters. The lowest BCUT2D eigenvalue weighted by atomic mass is 10.1. The van der Waals surface area contributed by atoms with Gasteiger partial charge in [-0.1, -0.05) is 0 Å². The topological polar surface area (TPSA) is 71.5 Å². The summed E-state index contributed by atoms with van der Waals surface area (Å²) >= 11 is 0. The number of ether oxygens (including phenoxy) is 1. The van der Waals surface area contributed by atoms with E-state index in [1.165, 1.54) is 19.4 Å². The summed E-state index contributed by atoms with van der Waals surface area (Å²) in [5, 5.41) is 2.66. The Labute approximate surface area is 142 Å². The van der Waals surface area contributed by atoms with E-state index in [9.17, 15) is 18.4 Å². The van der Waals surface area contributed by atoms with Crippen LogP contribution in [0.3, 0.4) is 0 Å². The zero-order valence-corrected chi connectivity index (χ0v) is 13.3. The number of anilines is 2. The second-order valence-corrected chi connectivity index (χ2v) is 5.55. The minimum absolute atomic E-state index is 0.00972. The first-order valence-corrected chi connectivity index (χ1v) is 7.55. The molecule has 1 aromatic heterocycles. The normalized spacial score (nSPS) is 16.8. The maximum Gasteiger partial charge on any atom is 0.237 e. The minimum Gasteiger partial charge on any atom is -0.480 e. The molecule has 2 heterocycles. The molecular formula is C17H15F2N3O3. The van der Waals surface area contributed by atoms with Crippen LogP contribution in [0.2, 0.25) is 0 Å². The Hall–Kier alpha value is -3.03. The van der Waals surface area contributed by atoms with Gasteiger partial charge in [-0.3, -0.25) is 9.59 Å². The summed E-state index contributed by atoms with van der Waals surface area (Å²) in [5.74, 6) is -2.79. The molecule has 8 heteroatoms. The highest BCUT2D eigenvalue weighted by Crippen LogP contribution is 2.29. The van der Waals surface area contributed by atoms with Gasteiger partial charge in [0, 0.05) is 25.2 Å². The van der Waals surface area contributed by atoms with Gasteiger partial charge in [0.05, 0.1) is 18.7 Å². The van der Waals surface area contributed by atoms with Crippen LogP contribution in [0.25, 0.3) is 0 Å². The van der Waals surface area contributed by atoms with Crippen molar-refractivity contribution in [3.8, 4) is 5.88 Å². The van der Waals surface area contributed by atoms with Crippen LogP contribution in [-0.2, 0) is 9.59 Å². The summed E-state index contributed by atoms with van der Waals surface area (Å²) in [5.41, 5.74) is 0.342. The van der Waals surface area contributed by atoms with Gasteiger partial charge in [0.25, 0.3) is 0 Å². The molecule has 6 nitrogen and oxygen atoms in total. The number of rotatable bonds is 4. The van der Waals surface area contributed by atoms with Crippen molar-refractivity contribution in [2.75, 3.05) is 23.9 Å². The number of pyridine rings is 1. The fourth-order valence-electron chi connectivity index (χ4n) is 2.70. The molecule has 0 radical (unpaired) electrons. The number of hydrogen-bond donors (Lipinski definition) is 1. The number of amides is 2. The van der Waals surface area contributed by atoms with E-state index in [0.29, 0.717) is 11.8 Å². The van der Waals surface area contributed by atoms with E-state index in [2.05, 4.69) is 10.3 Å². The highest BCUT2D eigenvalue weighted by Gasteiger charge is 2.36. The standard InChI is InChI=1S/C17H15F2N3O3/c1-25-17-13(3-2-6-20-17)21-16(24)10-7-15(23)22(9-10)14-5-4-11(18)8-12(14)19/h2-6,8,10H,7,9H2,1H3,(H,21,24). The molecule has 1 fully saturated rings. The van der Waals surface area contributed by atoms with E-state index < -0.39 is 29.4 Å². The first-order chi connectivity index (χ1) is 12.0. The van der Waals surface area contributed by atoms with Crippen LogP contribution in [0.4, 0.5) is 20.2 Å². The molecule has 2 amide bonds. The lowest BCUT2D eigenvalue weighted by Gasteiger charge is -2.17. The minimum atomic E-state index is -0.844. The van der Waals surface area contributed by atoms with Crippen LogP contribution in [0.15, 0.2) is 36.5 Å². The number of carbonyl (C=O) groups is 2. The summed E-state index contributed by atoms with van der Waals surface area (Å²) in [4.78, 5) is 29.7. The third kappa shape index (κ3) is 3.42. The van der Waals surface area contributed by atoms with E-state index in [0.717, 1.165) is 11.0 Å². The summed E-state index contributed by atoms with van der Waals surface area (Å²) in [6, 6.07) is 6.22. The first kappa shape index (κ1) is 16.8. The SMILES string of the molecule is COc1ncccc1NC(=O)C1CC(=O)N(c2ccc(F)cc2F)C1. The predicted molar refractivity (Wildman–Crippen MR) is 86.2 cm³/mol. The molecule has 1 aliphatic heterocycles. The third-order valence-electron chi connectivity index (χ3n) is 3.92. The van der Waals surface area contributed by atoms with Crippen LogP contribution in [-0.4, -0.2) is 30.5 Å². The van der Waals surface area contributed by atoms with Crippen LogP contribution < -0.4 is 15.0 Å². The number of nitrogens with zero attached hydrogens (tertiary/aromatic N) is 2. The van der Waals surface area contributed by atoms with E-state index >= 15 is 0 Å². The molecule has 1 aromatic carbocycles. The van der Waals surface area contributed by atoms with Gasteiger partial charge in [-0.05, 0) is 24.3 Å². The van der Waals surface area contributed by atoms with Crippen LogP contribution >= 0.6 is 0 Å². The Balaban J connectivity index is 1.74. The Kier molecular flexibility index (Phi) is 4.60. The Bertz CT molecular complexity index is 829. The molecule has 0 spiro atoms. The number of benzene rings is 1. The number of methoxy groups -OCH3 is 1. The summed E-state index contributed by atoms with van der Waals surface area (Å²) in [6.45, 7) is 0.00972. The maximum atomic E-state index is 13.9. The van der Waals surface area contributed by atoms with Crippen molar-refractivity contribution < 1.29 is 23.1 Å². The summed E-state index contributed by atoms with van der Waals surface area (Å²) < 4.78 is 32.0. The maximum absolute atomic E-state index is 13.9. The van der Waals surface area contributed by atoms with E-state index in [1.54, 1.807) is 12.1 Å². The predicted octanol–water partition coefficient (Wildman–Crippen LogP) is 2.36. The molecule has 1 aliphatic rings. The second-order valence-electron chi connectivity index (χ2n) is 5.55. The number of carbonyl (C=O) groups excluding carboxylic acids is 2. The van der Waals surface area contributed by atoms with Crippen molar-refractivity contribution in [2.45, 2.75) is 6.42 Å². The highest BCUT2D eigenvalue weighted by atomic mass is 19.1. The van der Waals surface area contributed by atoms with Gasteiger partial charge in [-0.25, -0.2) is 13.8 Å². The van der Waals surface area contributed by atoms with E-state index in [4.69, 9.17) is 4.74 Å². The number of nitrogens with one attached hydrogen (secondary N) is 1. The van der Waals surface area contributed by atoms with Gasteiger partial charge in [0.15, 0.2) is 0 Å². The van der Waals surface area contributed by atoms with Crippen molar-refractivity contribution in [3.05, 3.63) is 48.2 Å². The van der Waals surface area contributed by atoms with Crippen molar-refractivity contribution >= 4 is 23.2 Å². The molecule has 3 rings (SSSR count). The monoisotopic (exact) mass is 347 g/mol. The molecule has 1 N–H and O–H groups in total. The molecule has 0 aliphatic carbocycles. The zero-order chi connectivity index (χ0) is 18.0. The van der Waals surface area contributed by atoms with Gasteiger partial charge in [-0.2, -0.15) is 0 Å². The van der Waals surface area contributed by atoms with Crippen molar-refractivity contribution in [1.82, 2.24) is 4.98 Å². The fourth-order valence-corrected chi connectivity index (χ4v) is 2.70. The van der Waals surface area contributed by atoms with Crippen molar-refractivity contribution in [1.29, 1.82) is 0 Å². The molecule has 2 aromatic rings. The van der Waals surface area contributed by atoms with Gasteiger partial charge in [-0.15, -0.1) is 0 Å². The molecule has 25 heavy (non-hydrogen) atoms. The van der Waals surface area contributed by atoms with Gasteiger partial charge in [0.1, 0.15) is 17.3 Å². The number of aromatic nitrogens is 1. The molecular weight excluding hydrogens is 332 g/mol. The average molecular weight is 347 g/mol. The van der Waals surface area contributed by atoms with Crippen LogP contribution in [0.5, 0.6) is 5.88 Å². The second kappa shape index (κ2) is 6.84. The van der Waals surface area contributed by atoms with Crippen molar-refractivity contribution in [2.24, 2.45) is 5.92 Å². The molecule has 0 bridgehead atoms. The Morgan fingerprint density at radius 1 is 1.36 bits per heavy atom. The number of hydrogen-bond acceptors (Lipinski definition) is 4. The molecule has 0 saturated carbocycles. The van der Waals surface area contributed by atoms with Crippen LogP contribution in [0, 0.1) is 17.6 Å². The first-order valence-electron chi connectivity index (χ1n) is 7.55. The van der Waals surface area contributed by atoms with Gasteiger partial charge in [0.2, 0.25) is 17.7 Å². The highest BCUT2D eigenvalue weighted by molar-refractivity contribution is 6.03.